The molecule has 0 aliphatic heterocycles. The molecule has 0 fully saturated rings. The fraction of sp³-hybridized carbons (Fsp3) is 0.220. The van der Waals surface area contributed by atoms with Gasteiger partial charge in [-0.2, -0.15) is 0 Å². The number of rotatable bonds is 20. The molecule has 0 saturated carbocycles. The van der Waals surface area contributed by atoms with E-state index >= 15 is 0 Å². The number of hydrogen-bond acceptors (Lipinski definition) is 7. The highest BCUT2D eigenvalue weighted by atomic mass is 16.6. The number of hydrogen-bond donors (Lipinski definition) is 0. The zero-order chi connectivity index (χ0) is 33.1. The van der Waals surface area contributed by atoms with Gasteiger partial charge in [0.05, 0.1) is 32.6 Å². The smallest absolute Gasteiger partial charge is 0.189 e. The quantitative estimate of drug-likeness (QED) is 0.0638. The number of ketones is 1. The molecule has 7 nitrogen and oxygen atoms in total. The van der Waals surface area contributed by atoms with Crippen molar-refractivity contribution in [3.05, 3.63) is 179 Å². The highest BCUT2D eigenvalue weighted by molar-refractivity contribution is 5.85. The van der Waals surface area contributed by atoms with E-state index in [9.17, 15) is 4.79 Å². The van der Waals surface area contributed by atoms with Crippen molar-refractivity contribution in [2.24, 2.45) is 5.16 Å². The van der Waals surface area contributed by atoms with E-state index in [4.69, 9.17) is 23.8 Å². The molecule has 0 heterocycles. The monoisotopic (exact) mass is 643 g/mol. The zero-order valence-corrected chi connectivity index (χ0v) is 26.9. The Morgan fingerprint density at radius 3 is 1.38 bits per heavy atom. The number of oxime groups is 1. The molecule has 0 saturated heterocycles. The number of benzene rings is 5. The Kier molecular flexibility index (Phi) is 14.1. The molecule has 5 rings (SSSR count). The van der Waals surface area contributed by atoms with Crippen LogP contribution >= 0.6 is 0 Å². The summed E-state index contributed by atoms with van der Waals surface area (Å²) in [5, 5.41) is 4.29. The van der Waals surface area contributed by atoms with Crippen molar-refractivity contribution in [2.45, 2.75) is 51.3 Å². The van der Waals surface area contributed by atoms with Crippen LogP contribution in [0.2, 0.25) is 0 Å². The molecule has 7 heteroatoms. The first-order valence-electron chi connectivity index (χ1n) is 16.0. The average molecular weight is 644 g/mol. The van der Waals surface area contributed by atoms with Crippen LogP contribution in [0.4, 0.5) is 0 Å². The van der Waals surface area contributed by atoms with Gasteiger partial charge in [0, 0.05) is 0 Å². The van der Waals surface area contributed by atoms with Crippen LogP contribution in [0.25, 0.3) is 0 Å². The molecule has 0 aliphatic carbocycles. The second kappa shape index (κ2) is 19.7. The van der Waals surface area contributed by atoms with E-state index in [-0.39, 0.29) is 45.4 Å². The fourth-order valence-corrected chi connectivity index (χ4v) is 4.96. The maximum atomic E-state index is 14.0. The molecule has 0 unspecified atom stereocenters. The Balaban J connectivity index is 1.41. The Morgan fingerprint density at radius 1 is 0.500 bits per heavy atom. The summed E-state index contributed by atoms with van der Waals surface area (Å²) in [4.78, 5) is 19.7. The first-order chi connectivity index (χ1) is 23.7. The number of Topliss-reactive ketones (excluding diaryl/α,β-unsaturated/α-hetero) is 1. The number of nitrogens with zero attached hydrogens (tertiary/aromatic N) is 1. The van der Waals surface area contributed by atoms with E-state index in [1.807, 2.05) is 152 Å². The summed E-state index contributed by atoms with van der Waals surface area (Å²) in [6.07, 6.45) is -1.21. The average Bonchev–Trinajstić information content (AvgIpc) is 3.15. The van der Waals surface area contributed by atoms with Crippen molar-refractivity contribution in [1.82, 2.24) is 0 Å². The highest BCUT2D eigenvalue weighted by Gasteiger charge is 2.37. The molecule has 0 radical (unpaired) electrons. The molecule has 0 amide bonds. The lowest BCUT2D eigenvalue weighted by molar-refractivity contribution is -0.162. The summed E-state index contributed by atoms with van der Waals surface area (Å²) < 4.78 is 25.3. The summed E-state index contributed by atoms with van der Waals surface area (Å²) in [6, 6.07) is 48.8. The molecule has 3 atom stereocenters. The second-order valence-corrected chi connectivity index (χ2v) is 11.2. The van der Waals surface area contributed by atoms with Crippen molar-refractivity contribution in [2.75, 3.05) is 6.61 Å². The van der Waals surface area contributed by atoms with Crippen LogP contribution in [-0.2, 0) is 61.6 Å². The lowest BCUT2D eigenvalue weighted by atomic mass is 10.0. The van der Waals surface area contributed by atoms with Crippen molar-refractivity contribution in [1.29, 1.82) is 0 Å². The van der Waals surface area contributed by atoms with E-state index in [0.717, 1.165) is 27.8 Å². The summed E-state index contributed by atoms with van der Waals surface area (Å²) in [6.45, 7) is 1.06. The zero-order valence-electron chi connectivity index (χ0n) is 26.9. The van der Waals surface area contributed by atoms with E-state index in [1.54, 1.807) is 6.21 Å². The van der Waals surface area contributed by atoms with Crippen molar-refractivity contribution < 1.29 is 28.6 Å². The highest BCUT2D eigenvalue weighted by Crippen LogP contribution is 2.20. The third kappa shape index (κ3) is 11.7. The second-order valence-electron chi connectivity index (χ2n) is 11.2. The standard InChI is InChI=1S/C41H41NO6/c43-38(32-44-27-33-16-6-1-7-17-33)40(46-29-35-20-10-3-11-21-35)41(47-30-36-22-12-4-13-23-36)39(45-28-34-18-8-2-9-19-34)26-42-48-31-37-24-14-5-15-25-37/h1-26,39-41H,27-32H2/b42-26+/t39-,40-,41-/m1/s1. The molecule has 0 N–H and O–H groups in total. The van der Waals surface area contributed by atoms with Gasteiger partial charge in [-0.3, -0.25) is 4.79 Å². The van der Waals surface area contributed by atoms with Gasteiger partial charge >= 0.3 is 0 Å². The normalized spacial score (nSPS) is 13.2. The van der Waals surface area contributed by atoms with Crippen molar-refractivity contribution >= 4 is 12.0 Å². The van der Waals surface area contributed by atoms with Crippen LogP contribution in [0.15, 0.2) is 157 Å². The topological polar surface area (TPSA) is 75.6 Å². The molecule has 48 heavy (non-hydrogen) atoms. The Morgan fingerprint density at radius 2 is 0.896 bits per heavy atom. The molecular formula is C41H41NO6. The van der Waals surface area contributed by atoms with Crippen LogP contribution in [0.3, 0.4) is 0 Å². The van der Waals surface area contributed by atoms with Crippen LogP contribution < -0.4 is 0 Å². The van der Waals surface area contributed by atoms with Crippen LogP contribution in [-0.4, -0.2) is 36.9 Å². The van der Waals surface area contributed by atoms with Crippen LogP contribution in [0.5, 0.6) is 0 Å². The largest absolute Gasteiger partial charge is 0.391 e. The number of ether oxygens (including phenoxy) is 4. The third-order valence-electron chi connectivity index (χ3n) is 7.49. The minimum absolute atomic E-state index is 0.174. The van der Waals surface area contributed by atoms with Crippen LogP contribution in [0, 0.1) is 0 Å². The Hall–Kier alpha value is -4.92. The molecule has 5 aromatic carbocycles. The Bertz CT molecular complexity index is 1620. The summed E-state index contributed by atoms with van der Waals surface area (Å²) in [5.74, 6) is -0.271. The van der Waals surface area contributed by atoms with Crippen LogP contribution in [0.1, 0.15) is 27.8 Å². The minimum Gasteiger partial charge on any atom is -0.391 e. The van der Waals surface area contributed by atoms with Gasteiger partial charge in [-0.15, -0.1) is 0 Å². The minimum atomic E-state index is -1.05. The molecular weight excluding hydrogens is 602 g/mol. The van der Waals surface area contributed by atoms with E-state index in [0.29, 0.717) is 0 Å². The van der Waals surface area contributed by atoms with Gasteiger partial charge in [0.15, 0.2) is 5.78 Å². The van der Waals surface area contributed by atoms with Crippen molar-refractivity contribution in [3.63, 3.8) is 0 Å². The summed E-state index contributed by atoms with van der Waals surface area (Å²) in [7, 11) is 0. The summed E-state index contributed by atoms with van der Waals surface area (Å²) >= 11 is 0. The number of carbonyl (C=O) groups is 1. The lowest BCUT2D eigenvalue weighted by Gasteiger charge is -2.31. The maximum absolute atomic E-state index is 14.0. The molecule has 0 aromatic heterocycles. The van der Waals surface area contributed by atoms with Gasteiger partial charge in [0.1, 0.15) is 31.5 Å². The van der Waals surface area contributed by atoms with Gasteiger partial charge < -0.3 is 23.8 Å². The molecule has 5 aromatic rings. The number of carbonyl (C=O) groups excluding carboxylic acids is 1. The first-order valence-corrected chi connectivity index (χ1v) is 16.0. The predicted octanol–water partition coefficient (Wildman–Crippen LogP) is 7.73. The molecule has 0 spiro atoms. The SMILES string of the molecule is O=C(COCc1ccccc1)[C@@H](OCc1ccccc1)[C@H](OCc1ccccc1)[C@@H](/C=N/OCc1ccccc1)OCc1ccccc1. The van der Waals surface area contributed by atoms with E-state index < -0.39 is 18.3 Å². The van der Waals surface area contributed by atoms with Gasteiger partial charge in [-0.05, 0) is 27.8 Å². The molecule has 0 bridgehead atoms. The Labute approximate surface area is 282 Å². The van der Waals surface area contributed by atoms with Gasteiger partial charge in [-0.25, -0.2) is 0 Å². The molecule has 246 valence electrons. The van der Waals surface area contributed by atoms with E-state index in [2.05, 4.69) is 5.16 Å². The predicted molar refractivity (Wildman–Crippen MR) is 186 cm³/mol. The maximum Gasteiger partial charge on any atom is 0.189 e. The first kappa shape index (κ1) is 34.4. The lowest BCUT2D eigenvalue weighted by Crippen LogP contribution is -2.48. The summed E-state index contributed by atoms with van der Waals surface area (Å²) in [5.41, 5.74) is 4.76. The fourth-order valence-electron chi connectivity index (χ4n) is 4.96. The third-order valence-corrected chi connectivity index (χ3v) is 7.49. The van der Waals surface area contributed by atoms with E-state index in [1.165, 1.54) is 0 Å². The van der Waals surface area contributed by atoms with Gasteiger partial charge in [0.25, 0.3) is 0 Å². The molecule has 0 aliphatic rings. The van der Waals surface area contributed by atoms with Crippen molar-refractivity contribution in [3.8, 4) is 0 Å². The van der Waals surface area contributed by atoms with Gasteiger partial charge in [-0.1, -0.05) is 157 Å². The van der Waals surface area contributed by atoms with Gasteiger partial charge in [0.2, 0.25) is 0 Å².